The number of phenols is 2. The molecule has 1 aromatic heterocycles. The number of rotatable bonds is 7. The maximum absolute atomic E-state index is 12.1. The second kappa shape index (κ2) is 12.4. The number of halogens is 4. The molecule has 0 bridgehead atoms. The van der Waals surface area contributed by atoms with Crippen molar-refractivity contribution in [3.63, 3.8) is 0 Å². The predicted molar refractivity (Wildman–Crippen MR) is 133 cm³/mol. The SMILES string of the molecule is O=C(CBr)c1ccc(O)cc1.Oc1ccc(-c2csc(COc3ccc(OC(F)(F)F)cc3)n2)cc1. The molecule has 36 heavy (non-hydrogen) atoms. The first kappa shape index (κ1) is 27.0. The third kappa shape index (κ3) is 8.58. The van der Waals surface area contributed by atoms with Gasteiger partial charge in [0, 0.05) is 16.5 Å². The lowest BCUT2D eigenvalue weighted by Gasteiger charge is -2.09. The van der Waals surface area contributed by atoms with Crippen molar-refractivity contribution < 1.29 is 37.7 Å². The number of phenolic OH excluding ortho intramolecular Hbond substituents is 2. The number of carbonyl (C=O) groups is 1. The number of ether oxygens (including phenoxy) is 2. The number of aromatic nitrogens is 1. The van der Waals surface area contributed by atoms with E-state index in [9.17, 15) is 23.1 Å². The molecule has 3 aromatic carbocycles. The maximum atomic E-state index is 12.1. The average molecular weight is 582 g/mol. The Hall–Kier alpha value is -3.57. The van der Waals surface area contributed by atoms with Crippen LogP contribution in [0.15, 0.2) is 78.2 Å². The molecule has 1 heterocycles. The molecule has 0 aliphatic heterocycles. The Kier molecular flexibility index (Phi) is 9.31. The summed E-state index contributed by atoms with van der Waals surface area (Å²) >= 11 is 4.46. The highest BCUT2D eigenvalue weighted by Gasteiger charge is 2.30. The minimum Gasteiger partial charge on any atom is -0.508 e. The molecule has 4 rings (SSSR count). The number of hydrogen-bond donors (Lipinski definition) is 2. The van der Waals surface area contributed by atoms with E-state index in [-0.39, 0.29) is 29.6 Å². The van der Waals surface area contributed by atoms with Gasteiger partial charge in [0.05, 0.1) is 11.0 Å². The monoisotopic (exact) mass is 581 g/mol. The Labute approximate surface area is 216 Å². The standard InChI is InChI=1S/C17H12F3NO3S.C8H7BrO2/c18-17(19,20)24-14-7-5-13(6-8-14)23-9-16-21-15(10-25-16)11-1-3-12(22)4-2-11;9-5-8(11)6-1-3-7(10)4-2-6/h1-8,10,22H,9H2;1-4,10H,5H2. The van der Waals surface area contributed by atoms with E-state index < -0.39 is 6.36 Å². The quantitative estimate of drug-likeness (QED) is 0.181. The van der Waals surface area contributed by atoms with Gasteiger partial charge in [-0.1, -0.05) is 15.9 Å². The average Bonchev–Trinajstić information content (AvgIpc) is 3.33. The van der Waals surface area contributed by atoms with Crippen molar-refractivity contribution in [2.24, 2.45) is 0 Å². The Morgan fingerprint density at radius 1 is 0.889 bits per heavy atom. The molecule has 0 atom stereocenters. The lowest BCUT2D eigenvalue weighted by molar-refractivity contribution is -0.274. The number of benzene rings is 3. The van der Waals surface area contributed by atoms with Gasteiger partial charge >= 0.3 is 6.36 Å². The van der Waals surface area contributed by atoms with Crippen LogP contribution >= 0.6 is 27.3 Å². The van der Waals surface area contributed by atoms with Gasteiger partial charge < -0.3 is 19.7 Å². The molecule has 0 fully saturated rings. The first-order chi connectivity index (χ1) is 17.1. The molecule has 0 amide bonds. The molecule has 11 heteroatoms. The second-order valence-corrected chi connectivity index (χ2v) is 8.59. The van der Waals surface area contributed by atoms with Gasteiger partial charge in [-0.05, 0) is 72.8 Å². The molecular weight excluding hydrogens is 563 g/mol. The number of thiazole rings is 1. The van der Waals surface area contributed by atoms with Gasteiger partial charge in [0.25, 0.3) is 0 Å². The predicted octanol–water partition coefficient (Wildman–Crippen LogP) is 6.96. The van der Waals surface area contributed by atoms with Gasteiger partial charge in [-0.25, -0.2) is 4.98 Å². The van der Waals surface area contributed by atoms with Crippen LogP contribution in [-0.4, -0.2) is 32.7 Å². The topological polar surface area (TPSA) is 88.9 Å². The van der Waals surface area contributed by atoms with E-state index in [4.69, 9.17) is 9.84 Å². The summed E-state index contributed by atoms with van der Waals surface area (Å²) in [6.45, 7) is 0.197. The minimum atomic E-state index is -4.71. The van der Waals surface area contributed by atoms with Gasteiger partial charge in [-0.3, -0.25) is 4.79 Å². The number of aromatic hydroxyl groups is 2. The summed E-state index contributed by atoms with van der Waals surface area (Å²) in [5.74, 6) is 0.487. The molecule has 0 saturated carbocycles. The fourth-order valence-corrected chi connectivity index (χ4v) is 3.79. The molecule has 0 saturated heterocycles. The smallest absolute Gasteiger partial charge is 0.508 e. The summed E-state index contributed by atoms with van der Waals surface area (Å²) in [6.07, 6.45) is -4.71. The highest BCUT2D eigenvalue weighted by Crippen LogP contribution is 2.27. The van der Waals surface area contributed by atoms with Gasteiger partial charge in [0.2, 0.25) is 0 Å². The normalized spacial score (nSPS) is 10.8. The molecule has 6 nitrogen and oxygen atoms in total. The van der Waals surface area contributed by atoms with Crippen LogP contribution in [0.4, 0.5) is 13.2 Å². The van der Waals surface area contributed by atoms with E-state index >= 15 is 0 Å². The summed E-state index contributed by atoms with van der Waals surface area (Å²) in [5, 5.41) is 21.1. The third-order valence-corrected chi connectivity index (χ3v) is 5.78. The van der Waals surface area contributed by atoms with E-state index in [2.05, 4.69) is 25.7 Å². The third-order valence-electron chi connectivity index (χ3n) is 4.45. The van der Waals surface area contributed by atoms with Crippen molar-refractivity contribution in [1.82, 2.24) is 4.98 Å². The number of carbonyl (C=O) groups excluding carboxylic acids is 1. The maximum Gasteiger partial charge on any atom is 0.573 e. The molecule has 0 radical (unpaired) electrons. The lowest BCUT2D eigenvalue weighted by atomic mass is 10.1. The van der Waals surface area contributed by atoms with E-state index in [1.165, 1.54) is 47.7 Å². The summed E-state index contributed by atoms with van der Waals surface area (Å²) in [7, 11) is 0. The van der Waals surface area contributed by atoms with Gasteiger partial charge in [-0.2, -0.15) is 0 Å². The highest BCUT2D eigenvalue weighted by atomic mass is 79.9. The first-order valence-electron chi connectivity index (χ1n) is 10.2. The van der Waals surface area contributed by atoms with Crippen LogP contribution in [0.2, 0.25) is 0 Å². The van der Waals surface area contributed by atoms with Crippen molar-refractivity contribution in [2.45, 2.75) is 13.0 Å². The Morgan fingerprint density at radius 3 is 2.00 bits per heavy atom. The van der Waals surface area contributed by atoms with Crippen LogP contribution in [0.3, 0.4) is 0 Å². The number of Topliss-reactive ketones (excluding diaryl/α,β-unsaturated/α-hetero) is 1. The number of ketones is 1. The lowest BCUT2D eigenvalue weighted by Crippen LogP contribution is -2.16. The number of alkyl halides is 4. The Bertz CT molecular complexity index is 1260. The molecule has 0 aliphatic rings. The largest absolute Gasteiger partial charge is 0.573 e. The molecule has 4 aromatic rings. The van der Waals surface area contributed by atoms with Crippen molar-refractivity contribution in [1.29, 1.82) is 0 Å². The minimum absolute atomic E-state index is 0.0185. The summed E-state index contributed by atoms with van der Waals surface area (Å²) < 4.78 is 45.6. The van der Waals surface area contributed by atoms with Crippen molar-refractivity contribution in [3.05, 3.63) is 88.7 Å². The molecule has 188 valence electrons. The van der Waals surface area contributed by atoms with E-state index in [1.54, 1.807) is 36.4 Å². The van der Waals surface area contributed by atoms with Crippen LogP contribution in [0.5, 0.6) is 23.0 Å². The van der Waals surface area contributed by atoms with E-state index in [1.807, 2.05) is 5.38 Å². The zero-order valence-corrected chi connectivity index (χ0v) is 20.8. The summed E-state index contributed by atoms with van der Waals surface area (Å²) in [6, 6.07) is 18.0. The van der Waals surface area contributed by atoms with Crippen LogP contribution in [0, 0.1) is 0 Å². The second-order valence-electron chi connectivity index (χ2n) is 7.08. The van der Waals surface area contributed by atoms with Crippen molar-refractivity contribution in [3.8, 4) is 34.3 Å². The Balaban J connectivity index is 0.000000275. The van der Waals surface area contributed by atoms with Gasteiger partial charge in [-0.15, -0.1) is 24.5 Å². The zero-order chi connectivity index (χ0) is 26.1. The molecule has 2 N–H and O–H groups in total. The number of hydrogen-bond acceptors (Lipinski definition) is 7. The van der Waals surface area contributed by atoms with Crippen molar-refractivity contribution in [2.75, 3.05) is 5.33 Å². The van der Waals surface area contributed by atoms with Crippen LogP contribution < -0.4 is 9.47 Å². The summed E-state index contributed by atoms with van der Waals surface area (Å²) in [4.78, 5) is 15.4. The fourth-order valence-electron chi connectivity index (χ4n) is 2.75. The molecule has 0 unspecified atom stereocenters. The van der Waals surface area contributed by atoms with Crippen molar-refractivity contribution >= 4 is 33.0 Å². The van der Waals surface area contributed by atoms with Crippen LogP contribution in [-0.2, 0) is 6.61 Å². The Morgan fingerprint density at radius 2 is 1.44 bits per heavy atom. The van der Waals surface area contributed by atoms with E-state index in [0.717, 1.165) is 16.3 Å². The van der Waals surface area contributed by atoms with Crippen LogP contribution in [0.25, 0.3) is 11.3 Å². The van der Waals surface area contributed by atoms with E-state index in [0.29, 0.717) is 16.6 Å². The van der Waals surface area contributed by atoms with Gasteiger partial charge in [0.1, 0.15) is 34.6 Å². The molecule has 0 spiro atoms. The van der Waals surface area contributed by atoms with Gasteiger partial charge in [0.15, 0.2) is 5.78 Å². The highest BCUT2D eigenvalue weighted by molar-refractivity contribution is 9.09. The summed E-state index contributed by atoms with van der Waals surface area (Å²) in [5.41, 5.74) is 2.24. The number of nitrogens with zero attached hydrogens (tertiary/aromatic N) is 1. The first-order valence-corrected chi connectivity index (χ1v) is 12.2. The van der Waals surface area contributed by atoms with Crippen LogP contribution in [0.1, 0.15) is 15.4 Å². The molecule has 0 aliphatic carbocycles. The fraction of sp³-hybridized carbons (Fsp3) is 0.120. The zero-order valence-electron chi connectivity index (χ0n) is 18.4. The molecular formula is C25H19BrF3NO5S.